The van der Waals surface area contributed by atoms with Gasteiger partial charge in [-0.3, -0.25) is 0 Å². The van der Waals surface area contributed by atoms with Crippen LogP contribution in [0.3, 0.4) is 0 Å². The van der Waals surface area contributed by atoms with E-state index in [0.717, 1.165) is 5.56 Å². The SMILES string of the molecule is N[C@H]1CC(c2ccc(F)c(Br)c2)Oc2ccc(F)cc21. The van der Waals surface area contributed by atoms with Crippen LogP contribution in [0.1, 0.15) is 29.7 Å². The van der Waals surface area contributed by atoms with Crippen molar-refractivity contribution in [3.05, 3.63) is 63.6 Å². The summed E-state index contributed by atoms with van der Waals surface area (Å²) in [7, 11) is 0. The molecule has 1 aliphatic rings. The highest BCUT2D eigenvalue weighted by atomic mass is 79.9. The van der Waals surface area contributed by atoms with Crippen molar-refractivity contribution < 1.29 is 13.5 Å². The van der Waals surface area contributed by atoms with E-state index < -0.39 is 0 Å². The van der Waals surface area contributed by atoms with Gasteiger partial charge in [0, 0.05) is 18.0 Å². The first kappa shape index (κ1) is 13.5. The molecule has 0 aromatic heterocycles. The maximum atomic E-state index is 13.3. The van der Waals surface area contributed by atoms with Gasteiger partial charge in [0.1, 0.15) is 23.5 Å². The molecule has 3 rings (SSSR count). The summed E-state index contributed by atoms with van der Waals surface area (Å²) in [6.45, 7) is 0. The smallest absolute Gasteiger partial charge is 0.137 e. The van der Waals surface area contributed by atoms with Crippen LogP contribution in [-0.2, 0) is 0 Å². The van der Waals surface area contributed by atoms with Crippen molar-refractivity contribution in [2.45, 2.75) is 18.6 Å². The molecule has 104 valence electrons. The van der Waals surface area contributed by atoms with Gasteiger partial charge in [-0.05, 0) is 51.8 Å². The Morgan fingerprint density at radius 2 is 1.95 bits per heavy atom. The molecule has 0 radical (unpaired) electrons. The van der Waals surface area contributed by atoms with Gasteiger partial charge in [-0.1, -0.05) is 6.07 Å². The van der Waals surface area contributed by atoms with Gasteiger partial charge in [0.2, 0.25) is 0 Å². The second kappa shape index (κ2) is 5.14. The van der Waals surface area contributed by atoms with Crippen LogP contribution >= 0.6 is 15.9 Å². The van der Waals surface area contributed by atoms with E-state index in [-0.39, 0.29) is 23.8 Å². The molecular formula is C15H12BrF2NO. The van der Waals surface area contributed by atoms with Gasteiger partial charge in [-0.15, -0.1) is 0 Å². The van der Waals surface area contributed by atoms with Crippen LogP contribution in [0.15, 0.2) is 40.9 Å². The lowest BCUT2D eigenvalue weighted by Crippen LogP contribution is -2.24. The first-order valence-electron chi connectivity index (χ1n) is 6.21. The number of ether oxygens (including phenoxy) is 1. The van der Waals surface area contributed by atoms with Crippen LogP contribution < -0.4 is 10.5 Å². The maximum Gasteiger partial charge on any atom is 0.137 e. The second-order valence-corrected chi connectivity index (χ2v) is 5.66. The summed E-state index contributed by atoms with van der Waals surface area (Å²) < 4.78 is 32.7. The molecule has 1 unspecified atom stereocenters. The molecule has 2 aromatic carbocycles. The molecular weight excluding hydrogens is 328 g/mol. The minimum Gasteiger partial charge on any atom is -0.485 e. The zero-order valence-corrected chi connectivity index (χ0v) is 12.0. The molecule has 0 aliphatic carbocycles. The predicted molar refractivity (Wildman–Crippen MR) is 75.4 cm³/mol. The fourth-order valence-electron chi connectivity index (χ4n) is 2.39. The molecule has 0 saturated heterocycles. The van der Waals surface area contributed by atoms with E-state index in [1.165, 1.54) is 18.2 Å². The molecule has 2 nitrogen and oxygen atoms in total. The zero-order valence-electron chi connectivity index (χ0n) is 10.4. The fourth-order valence-corrected chi connectivity index (χ4v) is 2.79. The molecule has 2 atom stereocenters. The Kier molecular flexibility index (Phi) is 3.48. The molecule has 2 N–H and O–H groups in total. The number of fused-ring (bicyclic) bond motifs is 1. The fraction of sp³-hybridized carbons (Fsp3) is 0.200. The van der Waals surface area contributed by atoms with Gasteiger partial charge >= 0.3 is 0 Å². The van der Waals surface area contributed by atoms with Crippen LogP contribution in [0.25, 0.3) is 0 Å². The molecule has 0 amide bonds. The predicted octanol–water partition coefficient (Wildman–Crippen LogP) is 4.25. The van der Waals surface area contributed by atoms with Gasteiger partial charge in [0.15, 0.2) is 0 Å². The standard InChI is InChI=1S/C15H12BrF2NO/c16-11-5-8(1-3-12(11)18)15-7-13(19)10-6-9(17)2-4-14(10)20-15/h1-6,13,15H,7,19H2/t13-,15?/m0/s1. The third-order valence-electron chi connectivity index (χ3n) is 3.42. The second-order valence-electron chi connectivity index (χ2n) is 4.80. The third-order valence-corrected chi connectivity index (χ3v) is 4.03. The summed E-state index contributed by atoms with van der Waals surface area (Å²) >= 11 is 3.16. The molecule has 0 fully saturated rings. The molecule has 0 spiro atoms. The summed E-state index contributed by atoms with van der Waals surface area (Å²) in [6, 6.07) is 8.76. The topological polar surface area (TPSA) is 35.2 Å². The van der Waals surface area contributed by atoms with E-state index in [2.05, 4.69) is 15.9 Å². The van der Waals surface area contributed by atoms with Gasteiger partial charge in [-0.2, -0.15) is 0 Å². The van der Waals surface area contributed by atoms with Crippen LogP contribution in [-0.4, -0.2) is 0 Å². The Morgan fingerprint density at radius 3 is 2.70 bits per heavy atom. The average molecular weight is 340 g/mol. The highest BCUT2D eigenvalue weighted by molar-refractivity contribution is 9.10. The van der Waals surface area contributed by atoms with E-state index in [1.54, 1.807) is 18.2 Å². The molecule has 0 bridgehead atoms. The van der Waals surface area contributed by atoms with Crippen LogP contribution in [0, 0.1) is 11.6 Å². The molecule has 1 heterocycles. The van der Waals surface area contributed by atoms with Gasteiger partial charge in [0.25, 0.3) is 0 Å². The lowest BCUT2D eigenvalue weighted by molar-refractivity contribution is 0.161. The zero-order chi connectivity index (χ0) is 14.3. The number of halogens is 3. The van der Waals surface area contributed by atoms with E-state index in [9.17, 15) is 8.78 Å². The van der Waals surface area contributed by atoms with Crippen molar-refractivity contribution in [3.63, 3.8) is 0 Å². The third kappa shape index (κ3) is 2.43. The molecule has 5 heteroatoms. The van der Waals surface area contributed by atoms with Crippen LogP contribution in [0.4, 0.5) is 8.78 Å². The van der Waals surface area contributed by atoms with Crippen molar-refractivity contribution in [2.75, 3.05) is 0 Å². The average Bonchev–Trinajstić information content (AvgIpc) is 2.42. The molecule has 0 saturated carbocycles. The van der Waals surface area contributed by atoms with E-state index >= 15 is 0 Å². The Balaban J connectivity index is 1.94. The summed E-state index contributed by atoms with van der Waals surface area (Å²) in [5.74, 6) is -0.0716. The minimum absolute atomic E-state index is 0.264. The van der Waals surface area contributed by atoms with Crippen LogP contribution in [0.5, 0.6) is 5.75 Å². The van der Waals surface area contributed by atoms with Crippen molar-refractivity contribution in [1.82, 2.24) is 0 Å². The van der Waals surface area contributed by atoms with Crippen molar-refractivity contribution in [2.24, 2.45) is 5.73 Å². The van der Waals surface area contributed by atoms with Gasteiger partial charge < -0.3 is 10.5 Å². The first-order chi connectivity index (χ1) is 9.54. The monoisotopic (exact) mass is 339 g/mol. The van der Waals surface area contributed by atoms with E-state index in [0.29, 0.717) is 22.2 Å². The first-order valence-corrected chi connectivity index (χ1v) is 7.00. The number of rotatable bonds is 1. The normalized spacial score (nSPS) is 21.2. The molecule has 1 aliphatic heterocycles. The van der Waals surface area contributed by atoms with Crippen molar-refractivity contribution in [1.29, 1.82) is 0 Å². The summed E-state index contributed by atoms with van der Waals surface area (Å²) in [6.07, 6.45) is 0.258. The van der Waals surface area contributed by atoms with Gasteiger partial charge in [0.05, 0.1) is 4.47 Å². The summed E-state index contributed by atoms with van der Waals surface area (Å²) in [5.41, 5.74) is 7.58. The summed E-state index contributed by atoms with van der Waals surface area (Å²) in [5, 5.41) is 0. The highest BCUT2D eigenvalue weighted by Crippen LogP contribution is 2.40. The molecule has 2 aromatic rings. The highest BCUT2D eigenvalue weighted by Gasteiger charge is 2.27. The van der Waals surface area contributed by atoms with E-state index in [1.807, 2.05) is 0 Å². The maximum absolute atomic E-state index is 13.3. The Labute approximate surface area is 123 Å². The Morgan fingerprint density at radius 1 is 1.15 bits per heavy atom. The minimum atomic E-state index is -0.328. The van der Waals surface area contributed by atoms with Crippen LogP contribution in [0.2, 0.25) is 0 Å². The van der Waals surface area contributed by atoms with Crippen molar-refractivity contribution in [3.8, 4) is 5.75 Å². The van der Waals surface area contributed by atoms with Gasteiger partial charge in [-0.25, -0.2) is 8.78 Å². The number of hydrogen-bond donors (Lipinski definition) is 1. The molecule has 20 heavy (non-hydrogen) atoms. The largest absolute Gasteiger partial charge is 0.485 e. The Hall–Kier alpha value is -1.46. The lowest BCUT2D eigenvalue weighted by atomic mass is 9.93. The summed E-state index contributed by atoms with van der Waals surface area (Å²) in [4.78, 5) is 0. The number of hydrogen-bond acceptors (Lipinski definition) is 2. The number of nitrogens with two attached hydrogens (primary N) is 1. The quantitative estimate of drug-likeness (QED) is 0.842. The van der Waals surface area contributed by atoms with E-state index in [4.69, 9.17) is 10.5 Å². The van der Waals surface area contributed by atoms with Crippen molar-refractivity contribution >= 4 is 15.9 Å². The lowest BCUT2D eigenvalue weighted by Gasteiger charge is -2.30. The number of benzene rings is 2. The Bertz CT molecular complexity index is 662.